The van der Waals surface area contributed by atoms with Crippen molar-refractivity contribution in [2.75, 3.05) is 6.54 Å². The van der Waals surface area contributed by atoms with E-state index in [0.29, 0.717) is 0 Å². The Morgan fingerprint density at radius 1 is 0.889 bits per heavy atom. The van der Waals surface area contributed by atoms with Crippen molar-refractivity contribution in [3.8, 4) is 0 Å². The van der Waals surface area contributed by atoms with Crippen molar-refractivity contribution in [1.82, 2.24) is 10.2 Å². The molecule has 2 amide bonds. The van der Waals surface area contributed by atoms with Gasteiger partial charge in [0.15, 0.2) is 0 Å². The number of aliphatic hydroxyl groups is 1. The van der Waals surface area contributed by atoms with Crippen molar-refractivity contribution in [3.63, 3.8) is 0 Å². The van der Waals surface area contributed by atoms with Crippen LogP contribution in [-0.4, -0.2) is 46.6 Å². The molecule has 27 heavy (non-hydrogen) atoms. The first-order valence-electron chi connectivity index (χ1n) is 11.3. The highest BCUT2D eigenvalue weighted by Gasteiger charge is 2.56. The first-order valence-corrected chi connectivity index (χ1v) is 11.3. The fourth-order valence-corrected chi connectivity index (χ4v) is 7.52. The van der Waals surface area contributed by atoms with Gasteiger partial charge in [-0.1, -0.05) is 12.8 Å². The molecule has 5 heteroatoms. The third-order valence-corrected chi connectivity index (χ3v) is 8.37. The summed E-state index contributed by atoms with van der Waals surface area (Å²) in [4.78, 5) is 28.6. The predicted molar refractivity (Wildman–Crippen MR) is 102 cm³/mol. The molecule has 4 bridgehead atoms. The van der Waals surface area contributed by atoms with Crippen LogP contribution >= 0.6 is 0 Å². The third-order valence-electron chi connectivity index (χ3n) is 8.37. The van der Waals surface area contributed by atoms with Gasteiger partial charge in [-0.25, -0.2) is 0 Å². The Bertz CT molecular complexity index is 583. The van der Waals surface area contributed by atoms with E-state index >= 15 is 0 Å². The number of nitrogens with zero attached hydrogens (tertiary/aromatic N) is 1. The van der Waals surface area contributed by atoms with Crippen LogP contribution in [0.15, 0.2) is 0 Å². The highest BCUT2D eigenvalue weighted by atomic mass is 16.3. The maximum atomic E-state index is 13.7. The lowest BCUT2D eigenvalue weighted by molar-refractivity contribution is -0.160. The van der Waals surface area contributed by atoms with Crippen LogP contribution in [0, 0.1) is 23.2 Å². The Balaban J connectivity index is 1.29. The summed E-state index contributed by atoms with van der Waals surface area (Å²) in [7, 11) is 0. The molecule has 1 aliphatic heterocycles. The van der Waals surface area contributed by atoms with E-state index in [0.717, 1.165) is 82.1 Å². The molecule has 0 aromatic heterocycles. The zero-order valence-corrected chi connectivity index (χ0v) is 16.4. The third kappa shape index (κ3) is 3.10. The van der Waals surface area contributed by atoms with Gasteiger partial charge in [-0.05, 0) is 82.0 Å². The molecule has 5 saturated carbocycles. The topological polar surface area (TPSA) is 69.6 Å². The SMILES string of the molecule is O=C(NC1CCCCC1O)C1CCCN1C(=O)C12CC3CC(CC(C3)C1)C2. The number of carbonyl (C=O) groups is 2. The molecule has 0 radical (unpaired) electrons. The van der Waals surface area contributed by atoms with Gasteiger partial charge < -0.3 is 15.3 Å². The number of aliphatic hydroxyl groups excluding tert-OH is 1. The summed E-state index contributed by atoms with van der Waals surface area (Å²) in [6.07, 6.45) is 12.1. The van der Waals surface area contributed by atoms with Crippen molar-refractivity contribution in [2.24, 2.45) is 23.2 Å². The Morgan fingerprint density at radius 3 is 2.15 bits per heavy atom. The number of rotatable bonds is 3. The maximum Gasteiger partial charge on any atom is 0.243 e. The second-order valence-electron chi connectivity index (χ2n) is 10.3. The maximum absolute atomic E-state index is 13.7. The first-order chi connectivity index (χ1) is 13.0. The molecule has 6 rings (SSSR count). The number of likely N-dealkylation sites (tertiary alicyclic amines) is 1. The van der Waals surface area contributed by atoms with E-state index in [2.05, 4.69) is 5.32 Å². The minimum Gasteiger partial charge on any atom is -0.391 e. The van der Waals surface area contributed by atoms with E-state index in [4.69, 9.17) is 0 Å². The minimum absolute atomic E-state index is 0.0310. The smallest absolute Gasteiger partial charge is 0.243 e. The van der Waals surface area contributed by atoms with Gasteiger partial charge in [0, 0.05) is 6.54 Å². The van der Waals surface area contributed by atoms with Gasteiger partial charge in [-0.3, -0.25) is 9.59 Å². The molecule has 1 saturated heterocycles. The molecule has 3 unspecified atom stereocenters. The first kappa shape index (κ1) is 18.0. The summed E-state index contributed by atoms with van der Waals surface area (Å²) in [5.41, 5.74) is -0.165. The average Bonchev–Trinajstić information content (AvgIpc) is 3.11. The Kier molecular flexibility index (Phi) is 4.49. The van der Waals surface area contributed by atoms with Gasteiger partial charge in [0.2, 0.25) is 11.8 Å². The molecule has 6 aliphatic rings. The number of hydrogen-bond donors (Lipinski definition) is 2. The van der Waals surface area contributed by atoms with Crippen molar-refractivity contribution in [2.45, 2.75) is 95.2 Å². The van der Waals surface area contributed by atoms with Crippen LogP contribution < -0.4 is 5.32 Å². The lowest BCUT2D eigenvalue weighted by Crippen LogP contribution is -2.58. The van der Waals surface area contributed by atoms with E-state index in [9.17, 15) is 14.7 Å². The summed E-state index contributed by atoms with van der Waals surface area (Å²) >= 11 is 0. The average molecular weight is 375 g/mol. The standard InChI is InChI=1S/C22H34N2O3/c25-19-6-2-1-4-17(19)23-20(26)18-5-3-7-24(18)21(27)22-11-14-8-15(12-22)10-16(9-14)13-22/h14-19,25H,1-13H2,(H,23,26). The zero-order valence-electron chi connectivity index (χ0n) is 16.4. The van der Waals surface area contributed by atoms with Gasteiger partial charge in [0.25, 0.3) is 0 Å². The normalized spacial score (nSPS) is 45.9. The number of hydrogen-bond acceptors (Lipinski definition) is 3. The predicted octanol–water partition coefficient (Wildman–Crippen LogP) is 2.61. The van der Waals surface area contributed by atoms with Crippen molar-refractivity contribution in [1.29, 1.82) is 0 Å². The van der Waals surface area contributed by atoms with E-state index in [1.54, 1.807) is 0 Å². The van der Waals surface area contributed by atoms with Crippen LogP contribution in [-0.2, 0) is 9.59 Å². The molecule has 2 N–H and O–H groups in total. The van der Waals surface area contributed by atoms with Gasteiger partial charge in [-0.2, -0.15) is 0 Å². The molecule has 1 heterocycles. The van der Waals surface area contributed by atoms with Gasteiger partial charge in [0.1, 0.15) is 6.04 Å². The summed E-state index contributed by atoms with van der Waals surface area (Å²) in [5, 5.41) is 13.3. The molecule has 0 spiro atoms. The zero-order chi connectivity index (χ0) is 18.6. The highest BCUT2D eigenvalue weighted by molar-refractivity contribution is 5.91. The molecule has 5 nitrogen and oxygen atoms in total. The number of amides is 2. The van der Waals surface area contributed by atoms with Gasteiger partial charge in [0.05, 0.1) is 17.6 Å². The van der Waals surface area contributed by atoms with Crippen LogP contribution in [0.2, 0.25) is 0 Å². The van der Waals surface area contributed by atoms with E-state index in [-0.39, 0.29) is 29.3 Å². The fourth-order valence-electron chi connectivity index (χ4n) is 7.52. The molecule has 0 aromatic rings. The monoisotopic (exact) mass is 374 g/mol. The molecular formula is C22H34N2O3. The van der Waals surface area contributed by atoms with Crippen LogP contribution in [0.1, 0.15) is 77.0 Å². The largest absolute Gasteiger partial charge is 0.391 e. The second kappa shape index (κ2) is 6.75. The summed E-state index contributed by atoms with van der Waals surface area (Å²) in [5.74, 6) is 2.48. The quantitative estimate of drug-likeness (QED) is 0.798. The summed E-state index contributed by atoms with van der Waals surface area (Å²) < 4.78 is 0. The molecule has 0 aromatic carbocycles. The lowest BCUT2D eigenvalue weighted by Gasteiger charge is -2.56. The highest BCUT2D eigenvalue weighted by Crippen LogP contribution is 2.60. The van der Waals surface area contributed by atoms with E-state index < -0.39 is 6.10 Å². The van der Waals surface area contributed by atoms with Crippen LogP contribution in [0.3, 0.4) is 0 Å². The lowest BCUT2D eigenvalue weighted by atomic mass is 9.49. The minimum atomic E-state index is -0.434. The summed E-state index contributed by atoms with van der Waals surface area (Å²) in [6, 6.07) is -0.456. The molecule has 6 fully saturated rings. The molecule has 5 aliphatic carbocycles. The van der Waals surface area contributed by atoms with Crippen molar-refractivity contribution in [3.05, 3.63) is 0 Å². The number of nitrogens with one attached hydrogen (secondary N) is 1. The Hall–Kier alpha value is -1.10. The van der Waals surface area contributed by atoms with Crippen molar-refractivity contribution < 1.29 is 14.7 Å². The Labute approximate surface area is 162 Å². The van der Waals surface area contributed by atoms with Crippen molar-refractivity contribution >= 4 is 11.8 Å². The fraction of sp³-hybridized carbons (Fsp3) is 0.909. The molecule has 3 atom stereocenters. The van der Waals surface area contributed by atoms with E-state index in [1.807, 2.05) is 4.90 Å². The van der Waals surface area contributed by atoms with Crippen LogP contribution in [0.5, 0.6) is 0 Å². The second-order valence-corrected chi connectivity index (χ2v) is 10.3. The van der Waals surface area contributed by atoms with Crippen LogP contribution in [0.4, 0.5) is 0 Å². The molecule has 150 valence electrons. The van der Waals surface area contributed by atoms with Gasteiger partial charge >= 0.3 is 0 Å². The van der Waals surface area contributed by atoms with Gasteiger partial charge in [-0.15, -0.1) is 0 Å². The molecular weight excluding hydrogens is 340 g/mol. The number of carbonyl (C=O) groups excluding carboxylic acids is 2. The Morgan fingerprint density at radius 2 is 1.52 bits per heavy atom. The summed E-state index contributed by atoms with van der Waals surface area (Å²) in [6.45, 7) is 0.728. The van der Waals surface area contributed by atoms with E-state index in [1.165, 1.54) is 19.3 Å². The van der Waals surface area contributed by atoms with Crippen LogP contribution in [0.25, 0.3) is 0 Å².